The highest BCUT2D eigenvalue weighted by atomic mass is 16.3. The van der Waals surface area contributed by atoms with Crippen LogP contribution in [0.1, 0.15) is 5.56 Å². The van der Waals surface area contributed by atoms with E-state index in [9.17, 15) is 4.79 Å². The maximum Gasteiger partial charge on any atom is 0.267 e. The standard InChI is InChI=1S/C15H9N3O2/c16-9-12-11(14-2-1-7-20-14)8-13(18-15(12)19)10-3-5-17-6-4-10/h1-8H,(H,18,19). The molecule has 0 aliphatic rings. The SMILES string of the molecule is N#Cc1c(-c2ccco2)cc(-c2ccncc2)[nH]c1=O. The lowest BCUT2D eigenvalue weighted by Crippen LogP contribution is -2.12. The summed E-state index contributed by atoms with van der Waals surface area (Å²) in [6.07, 6.45) is 4.78. The third-order valence-electron chi connectivity index (χ3n) is 2.92. The number of aromatic nitrogens is 2. The van der Waals surface area contributed by atoms with E-state index in [1.807, 2.05) is 6.07 Å². The van der Waals surface area contributed by atoms with Crippen LogP contribution in [0.3, 0.4) is 0 Å². The van der Waals surface area contributed by atoms with E-state index >= 15 is 0 Å². The zero-order chi connectivity index (χ0) is 13.9. The molecule has 0 aromatic carbocycles. The molecule has 0 radical (unpaired) electrons. The van der Waals surface area contributed by atoms with Crippen LogP contribution in [0.25, 0.3) is 22.6 Å². The summed E-state index contributed by atoms with van der Waals surface area (Å²) in [5, 5.41) is 9.14. The average Bonchev–Trinajstić information content (AvgIpc) is 3.01. The Hall–Kier alpha value is -3.13. The molecule has 0 aliphatic heterocycles. The molecule has 5 nitrogen and oxygen atoms in total. The largest absolute Gasteiger partial charge is 0.464 e. The Morgan fingerprint density at radius 3 is 2.70 bits per heavy atom. The predicted molar refractivity (Wildman–Crippen MR) is 72.7 cm³/mol. The van der Waals surface area contributed by atoms with Gasteiger partial charge in [-0.25, -0.2) is 0 Å². The van der Waals surface area contributed by atoms with Crippen molar-refractivity contribution in [3.63, 3.8) is 0 Å². The molecule has 3 aromatic rings. The van der Waals surface area contributed by atoms with Crippen molar-refractivity contribution in [2.45, 2.75) is 0 Å². The minimum Gasteiger partial charge on any atom is -0.464 e. The second-order valence-corrected chi connectivity index (χ2v) is 4.13. The van der Waals surface area contributed by atoms with Gasteiger partial charge in [-0.1, -0.05) is 0 Å². The summed E-state index contributed by atoms with van der Waals surface area (Å²) in [6.45, 7) is 0. The first-order valence-corrected chi connectivity index (χ1v) is 5.91. The summed E-state index contributed by atoms with van der Waals surface area (Å²) in [5.41, 5.74) is 1.51. The highest BCUT2D eigenvalue weighted by molar-refractivity contribution is 5.72. The molecule has 0 fully saturated rings. The normalized spacial score (nSPS) is 10.2. The van der Waals surface area contributed by atoms with Crippen molar-refractivity contribution < 1.29 is 4.42 Å². The molecule has 0 bridgehead atoms. The fraction of sp³-hybridized carbons (Fsp3) is 0. The van der Waals surface area contributed by atoms with Gasteiger partial charge >= 0.3 is 0 Å². The number of aromatic amines is 1. The second kappa shape index (κ2) is 4.86. The van der Waals surface area contributed by atoms with Gasteiger partial charge in [-0.15, -0.1) is 0 Å². The average molecular weight is 263 g/mol. The Kier molecular flexibility index (Phi) is 2.90. The number of furan rings is 1. The predicted octanol–water partition coefficient (Wildman–Crippen LogP) is 2.57. The van der Waals surface area contributed by atoms with Gasteiger partial charge in [0.15, 0.2) is 0 Å². The fourth-order valence-electron chi connectivity index (χ4n) is 1.98. The second-order valence-electron chi connectivity index (χ2n) is 4.13. The fourth-order valence-corrected chi connectivity index (χ4v) is 1.98. The van der Waals surface area contributed by atoms with Gasteiger partial charge in [0.05, 0.1) is 6.26 Å². The molecule has 3 rings (SSSR count). The Balaban J connectivity index is 2.27. The topological polar surface area (TPSA) is 82.7 Å². The van der Waals surface area contributed by atoms with Crippen molar-refractivity contribution in [3.05, 3.63) is 64.9 Å². The third-order valence-corrected chi connectivity index (χ3v) is 2.92. The van der Waals surface area contributed by atoms with E-state index in [0.717, 1.165) is 5.56 Å². The van der Waals surface area contributed by atoms with Crippen LogP contribution in [0.4, 0.5) is 0 Å². The van der Waals surface area contributed by atoms with Crippen LogP contribution in [0, 0.1) is 11.3 Å². The van der Waals surface area contributed by atoms with E-state index in [2.05, 4.69) is 9.97 Å². The van der Waals surface area contributed by atoms with E-state index < -0.39 is 5.56 Å². The van der Waals surface area contributed by atoms with Gasteiger partial charge in [0.1, 0.15) is 17.4 Å². The maximum absolute atomic E-state index is 12.0. The number of rotatable bonds is 2. The van der Waals surface area contributed by atoms with Gasteiger partial charge in [0, 0.05) is 29.2 Å². The highest BCUT2D eigenvalue weighted by Gasteiger charge is 2.14. The molecule has 1 N–H and O–H groups in total. The Bertz CT molecular complexity index is 828. The number of nitriles is 1. The zero-order valence-corrected chi connectivity index (χ0v) is 10.3. The van der Waals surface area contributed by atoms with Crippen LogP contribution in [0.15, 0.2) is 58.2 Å². The van der Waals surface area contributed by atoms with Crippen molar-refractivity contribution in [1.29, 1.82) is 5.26 Å². The lowest BCUT2D eigenvalue weighted by atomic mass is 10.0. The Labute approximate surface area is 114 Å². The van der Waals surface area contributed by atoms with Crippen LogP contribution in [0.2, 0.25) is 0 Å². The minimum atomic E-state index is -0.437. The summed E-state index contributed by atoms with van der Waals surface area (Å²) < 4.78 is 5.29. The van der Waals surface area contributed by atoms with E-state index in [-0.39, 0.29) is 5.56 Å². The van der Waals surface area contributed by atoms with Crippen molar-refractivity contribution in [2.24, 2.45) is 0 Å². The number of nitrogens with one attached hydrogen (secondary N) is 1. The van der Waals surface area contributed by atoms with Crippen molar-refractivity contribution in [2.75, 3.05) is 0 Å². The van der Waals surface area contributed by atoms with Crippen LogP contribution >= 0.6 is 0 Å². The Morgan fingerprint density at radius 1 is 1.25 bits per heavy atom. The molecule has 0 aliphatic carbocycles. The quantitative estimate of drug-likeness (QED) is 0.770. The Morgan fingerprint density at radius 2 is 2.05 bits per heavy atom. The van der Waals surface area contributed by atoms with Crippen LogP contribution in [-0.4, -0.2) is 9.97 Å². The number of pyridine rings is 2. The lowest BCUT2D eigenvalue weighted by Gasteiger charge is -2.05. The number of hydrogen-bond acceptors (Lipinski definition) is 4. The van der Waals surface area contributed by atoms with Gasteiger partial charge in [-0.2, -0.15) is 5.26 Å². The first-order valence-electron chi connectivity index (χ1n) is 5.91. The number of nitrogens with zero attached hydrogens (tertiary/aromatic N) is 2. The van der Waals surface area contributed by atoms with Gasteiger partial charge < -0.3 is 9.40 Å². The van der Waals surface area contributed by atoms with E-state index in [0.29, 0.717) is 17.0 Å². The molecule has 3 aromatic heterocycles. The van der Waals surface area contributed by atoms with Crippen LogP contribution in [-0.2, 0) is 0 Å². The zero-order valence-electron chi connectivity index (χ0n) is 10.3. The molecular formula is C15H9N3O2. The first-order chi connectivity index (χ1) is 9.79. The monoisotopic (exact) mass is 263 g/mol. The minimum absolute atomic E-state index is 0.0396. The molecule has 0 saturated heterocycles. The molecule has 0 atom stereocenters. The van der Waals surface area contributed by atoms with E-state index in [1.165, 1.54) is 6.26 Å². The lowest BCUT2D eigenvalue weighted by molar-refractivity contribution is 0.582. The molecule has 0 spiro atoms. The summed E-state index contributed by atoms with van der Waals surface area (Å²) in [4.78, 5) is 18.7. The van der Waals surface area contributed by atoms with Gasteiger partial charge in [-0.3, -0.25) is 9.78 Å². The number of hydrogen-bond donors (Lipinski definition) is 1. The molecular weight excluding hydrogens is 254 g/mol. The summed E-state index contributed by atoms with van der Waals surface area (Å²) in [7, 11) is 0. The van der Waals surface area contributed by atoms with Gasteiger partial charge in [0.25, 0.3) is 5.56 Å². The smallest absolute Gasteiger partial charge is 0.267 e. The van der Waals surface area contributed by atoms with Crippen LogP contribution < -0.4 is 5.56 Å². The highest BCUT2D eigenvalue weighted by Crippen LogP contribution is 2.25. The van der Waals surface area contributed by atoms with E-state index in [4.69, 9.17) is 9.68 Å². The molecule has 0 saturated carbocycles. The number of H-pyrrole nitrogens is 1. The third kappa shape index (κ3) is 1.99. The molecule has 0 unspecified atom stereocenters. The summed E-state index contributed by atoms with van der Waals surface area (Å²) in [5.74, 6) is 0.489. The van der Waals surface area contributed by atoms with Gasteiger partial charge in [-0.05, 0) is 30.3 Å². The maximum atomic E-state index is 12.0. The van der Waals surface area contributed by atoms with Crippen molar-refractivity contribution in [1.82, 2.24) is 9.97 Å². The first kappa shape index (κ1) is 11.9. The molecule has 3 heterocycles. The van der Waals surface area contributed by atoms with Gasteiger partial charge in [0.2, 0.25) is 0 Å². The summed E-state index contributed by atoms with van der Waals surface area (Å²) >= 11 is 0. The molecule has 20 heavy (non-hydrogen) atoms. The molecule has 0 amide bonds. The molecule has 5 heteroatoms. The summed E-state index contributed by atoms with van der Waals surface area (Å²) in [6, 6.07) is 10.6. The van der Waals surface area contributed by atoms with E-state index in [1.54, 1.807) is 42.7 Å². The van der Waals surface area contributed by atoms with Crippen molar-refractivity contribution in [3.8, 4) is 28.7 Å². The van der Waals surface area contributed by atoms with Crippen LogP contribution in [0.5, 0.6) is 0 Å². The van der Waals surface area contributed by atoms with Crippen molar-refractivity contribution >= 4 is 0 Å². The molecule has 96 valence electrons.